The Hall–Kier alpha value is -1.84. The largest absolute Gasteiger partial charge is 0.468 e. The number of hydrogen-bond acceptors (Lipinski definition) is 3. The molecule has 1 aromatic rings. The minimum absolute atomic E-state index is 0.141. The summed E-state index contributed by atoms with van der Waals surface area (Å²) in [5.41, 5.74) is 0.850. The molecule has 1 heterocycles. The molecule has 0 aromatic heterocycles. The van der Waals surface area contributed by atoms with Crippen molar-refractivity contribution in [1.29, 1.82) is 0 Å². The minimum Gasteiger partial charge on any atom is -0.468 e. The molecule has 4 heteroatoms. The van der Waals surface area contributed by atoms with E-state index in [0.29, 0.717) is 13.0 Å². The average Bonchev–Trinajstić information content (AvgIpc) is 2.54. The van der Waals surface area contributed by atoms with Crippen LogP contribution in [0.15, 0.2) is 30.3 Å². The van der Waals surface area contributed by atoms with Crippen LogP contribution in [-0.2, 0) is 14.3 Å². The lowest BCUT2D eigenvalue weighted by atomic mass is 9.96. The van der Waals surface area contributed by atoms with Crippen LogP contribution in [-0.4, -0.2) is 25.5 Å². The SMILES string of the molecule is CC.COC(=O)C1CCCCCN(c2ccccc2)C1=O. The molecular formula is C17H25NO3. The number of esters is 1. The molecule has 1 amide bonds. The fourth-order valence-electron chi connectivity index (χ4n) is 2.44. The number of carbonyl (C=O) groups is 2. The highest BCUT2D eigenvalue weighted by Crippen LogP contribution is 2.23. The van der Waals surface area contributed by atoms with Gasteiger partial charge in [-0.05, 0) is 25.0 Å². The molecule has 21 heavy (non-hydrogen) atoms. The summed E-state index contributed by atoms with van der Waals surface area (Å²) in [6.07, 6.45) is 3.47. The van der Waals surface area contributed by atoms with Crippen LogP contribution in [0.25, 0.3) is 0 Å². The van der Waals surface area contributed by atoms with E-state index in [-0.39, 0.29) is 5.91 Å². The van der Waals surface area contributed by atoms with Gasteiger partial charge in [0.15, 0.2) is 0 Å². The lowest BCUT2D eigenvalue weighted by Gasteiger charge is -2.28. The topological polar surface area (TPSA) is 46.6 Å². The predicted octanol–water partition coefficient (Wildman–Crippen LogP) is 3.41. The van der Waals surface area contributed by atoms with Crippen LogP contribution in [0.2, 0.25) is 0 Å². The van der Waals surface area contributed by atoms with Crippen molar-refractivity contribution in [3.05, 3.63) is 30.3 Å². The van der Waals surface area contributed by atoms with E-state index in [2.05, 4.69) is 0 Å². The summed E-state index contributed by atoms with van der Waals surface area (Å²) in [7, 11) is 1.33. The Morgan fingerprint density at radius 1 is 1.14 bits per heavy atom. The van der Waals surface area contributed by atoms with E-state index < -0.39 is 11.9 Å². The van der Waals surface area contributed by atoms with Gasteiger partial charge in [-0.2, -0.15) is 0 Å². The Morgan fingerprint density at radius 2 is 1.81 bits per heavy atom. The predicted molar refractivity (Wildman–Crippen MR) is 84.1 cm³/mol. The summed E-state index contributed by atoms with van der Waals surface area (Å²) in [4.78, 5) is 26.0. The van der Waals surface area contributed by atoms with Crippen LogP contribution in [0.3, 0.4) is 0 Å². The second-order valence-corrected chi connectivity index (χ2v) is 4.75. The first-order valence-electron chi connectivity index (χ1n) is 7.68. The lowest BCUT2D eigenvalue weighted by molar-refractivity contribution is -0.149. The number of benzene rings is 1. The van der Waals surface area contributed by atoms with Crippen LogP contribution >= 0.6 is 0 Å². The molecule has 1 atom stereocenters. The van der Waals surface area contributed by atoms with E-state index in [1.54, 1.807) is 4.90 Å². The maximum atomic E-state index is 12.5. The fraction of sp³-hybridized carbons (Fsp3) is 0.529. The van der Waals surface area contributed by atoms with Gasteiger partial charge in [-0.3, -0.25) is 9.59 Å². The molecule has 0 spiro atoms. The number of para-hydroxylation sites is 1. The molecule has 1 saturated heterocycles. The highest BCUT2D eigenvalue weighted by molar-refractivity contribution is 6.06. The lowest BCUT2D eigenvalue weighted by Crippen LogP contribution is -2.41. The Labute approximate surface area is 127 Å². The zero-order valence-electron chi connectivity index (χ0n) is 13.2. The van der Waals surface area contributed by atoms with E-state index in [0.717, 1.165) is 24.9 Å². The third-order valence-corrected chi connectivity index (χ3v) is 3.49. The minimum atomic E-state index is -0.662. The molecule has 0 bridgehead atoms. The van der Waals surface area contributed by atoms with Crippen molar-refractivity contribution in [2.45, 2.75) is 39.5 Å². The van der Waals surface area contributed by atoms with Gasteiger partial charge in [0.05, 0.1) is 7.11 Å². The first kappa shape index (κ1) is 17.2. The molecule has 1 fully saturated rings. The maximum absolute atomic E-state index is 12.5. The summed E-state index contributed by atoms with van der Waals surface area (Å²) in [6, 6.07) is 9.50. The van der Waals surface area contributed by atoms with Crippen molar-refractivity contribution in [3.63, 3.8) is 0 Å². The number of anilines is 1. The zero-order valence-corrected chi connectivity index (χ0v) is 13.2. The normalized spacial score (nSPS) is 18.9. The molecule has 4 nitrogen and oxygen atoms in total. The summed E-state index contributed by atoms with van der Waals surface area (Å²) >= 11 is 0. The number of amides is 1. The smallest absolute Gasteiger partial charge is 0.318 e. The number of rotatable bonds is 2. The quantitative estimate of drug-likeness (QED) is 0.619. The van der Waals surface area contributed by atoms with Crippen LogP contribution in [0.1, 0.15) is 39.5 Å². The molecule has 1 unspecified atom stereocenters. The van der Waals surface area contributed by atoms with Gasteiger partial charge in [0.25, 0.3) is 0 Å². The van der Waals surface area contributed by atoms with Gasteiger partial charge in [-0.1, -0.05) is 44.9 Å². The summed E-state index contributed by atoms with van der Waals surface area (Å²) in [6.45, 7) is 4.66. The first-order chi connectivity index (χ1) is 10.2. The molecule has 1 aliphatic rings. The molecule has 0 saturated carbocycles. The Balaban J connectivity index is 0.00000106. The van der Waals surface area contributed by atoms with Crippen molar-refractivity contribution in [2.24, 2.45) is 5.92 Å². The maximum Gasteiger partial charge on any atom is 0.318 e. The molecule has 0 aliphatic carbocycles. The number of nitrogens with zero attached hydrogens (tertiary/aromatic N) is 1. The van der Waals surface area contributed by atoms with Gasteiger partial charge in [0, 0.05) is 12.2 Å². The molecular weight excluding hydrogens is 266 g/mol. The zero-order chi connectivity index (χ0) is 15.7. The van der Waals surface area contributed by atoms with E-state index in [4.69, 9.17) is 4.74 Å². The second-order valence-electron chi connectivity index (χ2n) is 4.75. The van der Waals surface area contributed by atoms with Crippen LogP contribution in [0.4, 0.5) is 5.69 Å². The standard InChI is InChI=1S/C15H19NO3.C2H6/c1-19-15(18)13-10-6-3-7-11-16(14(13)17)12-8-4-2-5-9-12;1-2/h2,4-5,8-9,13H,3,6-7,10-11H2,1H3;1-2H3. The molecule has 116 valence electrons. The molecule has 0 N–H and O–H groups in total. The molecule has 1 aromatic carbocycles. The second kappa shape index (κ2) is 9.16. The van der Waals surface area contributed by atoms with Gasteiger partial charge in [-0.15, -0.1) is 0 Å². The summed E-state index contributed by atoms with van der Waals surface area (Å²) in [5.74, 6) is -1.23. The van der Waals surface area contributed by atoms with E-state index >= 15 is 0 Å². The summed E-state index contributed by atoms with van der Waals surface area (Å²) in [5, 5.41) is 0. The van der Waals surface area contributed by atoms with Crippen LogP contribution in [0, 0.1) is 5.92 Å². The van der Waals surface area contributed by atoms with E-state index in [9.17, 15) is 9.59 Å². The number of hydrogen-bond donors (Lipinski definition) is 0. The Kier molecular flexibility index (Phi) is 7.51. The molecule has 1 aliphatic heterocycles. The van der Waals surface area contributed by atoms with E-state index in [1.165, 1.54) is 7.11 Å². The monoisotopic (exact) mass is 291 g/mol. The Bertz CT molecular complexity index is 445. The first-order valence-corrected chi connectivity index (χ1v) is 7.68. The van der Waals surface area contributed by atoms with Crippen LogP contribution in [0.5, 0.6) is 0 Å². The van der Waals surface area contributed by atoms with Crippen molar-refractivity contribution in [2.75, 3.05) is 18.6 Å². The number of methoxy groups -OCH3 is 1. The van der Waals surface area contributed by atoms with Gasteiger partial charge < -0.3 is 9.64 Å². The van der Waals surface area contributed by atoms with Gasteiger partial charge in [0.2, 0.25) is 5.91 Å². The van der Waals surface area contributed by atoms with Crippen molar-refractivity contribution >= 4 is 17.6 Å². The molecule has 0 radical (unpaired) electrons. The third-order valence-electron chi connectivity index (χ3n) is 3.49. The number of ether oxygens (including phenoxy) is 1. The highest BCUT2D eigenvalue weighted by Gasteiger charge is 2.32. The highest BCUT2D eigenvalue weighted by atomic mass is 16.5. The average molecular weight is 291 g/mol. The van der Waals surface area contributed by atoms with Crippen LogP contribution < -0.4 is 4.90 Å². The van der Waals surface area contributed by atoms with Crippen molar-refractivity contribution in [3.8, 4) is 0 Å². The summed E-state index contributed by atoms with van der Waals surface area (Å²) < 4.78 is 4.75. The number of carbonyl (C=O) groups excluding carboxylic acids is 2. The van der Waals surface area contributed by atoms with Gasteiger partial charge >= 0.3 is 5.97 Å². The van der Waals surface area contributed by atoms with Crippen molar-refractivity contribution < 1.29 is 14.3 Å². The third kappa shape index (κ3) is 4.59. The van der Waals surface area contributed by atoms with Gasteiger partial charge in [-0.25, -0.2) is 0 Å². The Morgan fingerprint density at radius 3 is 2.43 bits per heavy atom. The van der Waals surface area contributed by atoms with Gasteiger partial charge in [0.1, 0.15) is 5.92 Å². The van der Waals surface area contributed by atoms with E-state index in [1.807, 2.05) is 44.2 Å². The molecule has 2 rings (SSSR count). The van der Waals surface area contributed by atoms with Crippen molar-refractivity contribution in [1.82, 2.24) is 0 Å². The fourth-order valence-corrected chi connectivity index (χ4v) is 2.44.